The van der Waals surface area contributed by atoms with Crippen LogP contribution in [0.5, 0.6) is 0 Å². The number of para-hydroxylation sites is 2. The Labute approximate surface area is 248 Å². The van der Waals surface area contributed by atoms with Gasteiger partial charge >= 0.3 is 0 Å². The maximum absolute atomic E-state index is 4.53. The van der Waals surface area contributed by atoms with Gasteiger partial charge in [-0.05, 0) is 51.7 Å². The molecule has 2 saturated heterocycles. The van der Waals surface area contributed by atoms with Gasteiger partial charge in [0.05, 0.1) is 6.54 Å². The molecule has 2 aliphatic rings. The first-order chi connectivity index (χ1) is 20.5. The SMILES string of the molecule is CC(C)Cn1nnc(-c2ccccc2N2CCNCC2)n1.CC(C)Cn1nnnc1-c1ccccc1N1CCNCC1. The van der Waals surface area contributed by atoms with Crippen LogP contribution in [0.3, 0.4) is 0 Å². The van der Waals surface area contributed by atoms with Crippen LogP contribution < -0.4 is 20.4 Å². The Hall–Kier alpha value is -3.90. The Kier molecular flexibility index (Phi) is 10.1. The first-order valence-electron chi connectivity index (χ1n) is 15.1. The standard InChI is InChI=1S/2C15H22N6/c1-12(2)11-21-15(17-18-19-21)13-5-3-4-6-14(13)20-9-7-16-8-10-20;1-12(2)11-21-18-15(17-19-21)13-5-3-4-6-14(13)20-9-7-16-8-10-20/h2*3-6,12,16H,7-11H2,1-2H3. The third kappa shape index (κ3) is 7.48. The van der Waals surface area contributed by atoms with Crippen LogP contribution in [0.25, 0.3) is 22.8 Å². The van der Waals surface area contributed by atoms with Crippen molar-refractivity contribution < 1.29 is 0 Å². The molecule has 42 heavy (non-hydrogen) atoms. The van der Waals surface area contributed by atoms with Gasteiger partial charge in [-0.15, -0.1) is 15.3 Å². The summed E-state index contributed by atoms with van der Waals surface area (Å²) in [5, 5.41) is 32.0. The molecule has 12 nitrogen and oxygen atoms in total. The molecule has 0 atom stereocenters. The maximum atomic E-state index is 4.53. The highest BCUT2D eigenvalue weighted by atomic mass is 15.6. The number of anilines is 2. The molecule has 2 aromatic carbocycles. The summed E-state index contributed by atoms with van der Waals surface area (Å²) < 4.78 is 1.91. The van der Waals surface area contributed by atoms with Gasteiger partial charge in [0.2, 0.25) is 5.82 Å². The van der Waals surface area contributed by atoms with E-state index < -0.39 is 0 Å². The molecule has 2 N–H and O–H groups in total. The lowest BCUT2D eigenvalue weighted by Gasteiger charge is -2.30. The normalized spacial score (nSPS) is 15.7. The highest BCUT2D eigenvalue weighted by Crippen LogP contribution is 2.30. The number of aromatic nitrogens is 8. The van der Waals surface area contributed by atoms with Crippen molar-refractivity contribution in [1.82, 2.24) is 51.0 Å². The maximum Gasteiger partial charge on any atom is 0.207 e. The fourth-order valence-electron chi connectivity index (χ4n) is 5.31. The Bertz CT molecular complexity index is 1380. The van der Waals surface area contributed by atoms with E-state index in [4.69, 9.17) is 0 Å². The lowest BCUT2D eigenvalue weighted by atomic mass is 10.1. The first-order valence-corrected chi connectivity index (χ1v) is 15.1. The fourth-order valence-corrected chi connectivity index (χ4v) is 5.31. The van der Waals surface area contributed by atoms with E-state index in [0.29, 0.717) is 17.7 Å². The molecule has 0 amide bonds. The van der Waals surface area contributed by atoms with E-state index >= 15 is 0 Å². The highest BCUT2D eigenvalue weighted by Gasteiger charge is 2.20. The molecule has 4 aromatic rings. The molecule has 6 rings (SSSR count). The van der Waals surface area contributed by atoms with Gasteiger partial charge < -0.3 is 20.4 Å². The van der Waals surface area contributed by atoms with Crippen molar-refractivity contribution >= 4 is 11.4 Å². The molecule has 2 aliphatic heterocycles. The van der Waals surface area contributed by atoms with Crippen LogP contribution in [0.4, 0.5) is 11.4 Å². The molecular formula is C30H44N12. The zero-order valence-corrected chi connectivity index (χ0v) is 25.3. The van der Waals surface area contributed by atoms with Crippen molar-refractivity contribution in [3.63, 3.8) is 0 Å². The number of tetrazole rings is 2. The Morgan fingerprint density at radius 1 is 0.667 bits per heavy atom. The van der Waals surface area contributed by atoms with Gasteiger partial charge in [0, 0.05) is 81.4 Å². The molecule has 224 valence electrons. The summed E-state index contributed by atoms with van der Waals surface area (Å²) in [7, 11) is 0. The summed E-state index contributed by atoms with van der Waals surface area (Å²) in [6.45, 7) is 18.4. The number of hydrogen-bond acceptors (Lipinski definition) is 10. The smallest absolute Gasteiger partial charge is 0.207 e. The third-order valence-electron chi connectivity index (χ3n) is 7.26. The van der Waals surface area contributed by atoms with Crippen LogP contribution >= 0.6 is 0 Å². The molecular weight excluding hydrogens is 528 g/mol. The van der Waals surface area contributed by atoms with Gasteiger partial charge in [0.25, 0.3) is 0 Å². The molecule has 0 aliphatic carbocycles. The van der Waals surface area contributed by atoms with Gasteiger partial charge in [-0.2, -0.15) is 4.80 Å². The molecule has 0 saturated carbocycles. The molecule has 12 heteroatoms. The van der Waals surface area contributed by atoms with E-state index in [9.17, 15) is 0 Å². The fraction of sp³-hybridized carbons (Fsp3) is 0.533. The lowest BCUT2D eigenvalue weighted by Crippen LogP contribution is -2.43. The van der Waals surface area contributed by atoms with Gasteiger partial charge in [-0.25, -0.2) is 4.68 Å². The Morgan fingerprint density at radius 3 is 1.81 bits per heavy atom. The molecule has 0 radical (unpaired) electrons. The summed E-state index contributed by atoms with van der Waals surface area (Å²) in [6.07, 6.45) is 0. The number of rotatable bonds is 8. The zero-order valence-electron chi connectivity index (χ0n) is 25.3. The van der Waals surface area contributed by atoms with Crippen molar-refractivity contribution in [2.75, 3.05) is 62.2 Å². The van der Waals surface area contributed by atoms with Gasteiger partial charge in [0.1, 0.15) is 0 Å². The summed E-state index contributed by atoms with van der Waals surface area (Å²) in [4.78, 5) is 6.48. The molecule has 4 heterocycles. The number of piperazine rings is 2. The van der Waals surface area contributed by atoms with Crippen LogP contribution in [-0.4, -0.2) is 92.8 Å². The van der Waals surface area contributed by atoms with E-state index in [2.05, 4.69) is 122 Å². The number of hydrogen-bond donors (Lipinski definition) is 2. The number of benzene rings is 2. The predicted molar refractivity (Wildman–Crippen MR) is 166 cm³/mol. The van der Waals surface area contributed by atoms with Gasteiger partial charge in [-0.1, -0.05) is 52.0 Å². The summed E-state index contributed by atoms with van der Waals surface area (Å²) >= 11 is 0. The van der Waals surface area contributed by atoms with Crippen LogP contribution in [0.2, 0.25) is 0 Å². The second-order valence-electron chi connectivity index (χ2n) is 11.6. The summed E-state index contributed by atoms with van der Waals surface area (Å²) in [5.74, 6) is 2.59. The van der Waals surface area contributed by atoms with Crippen LogP contribution in [-0.2, 0) is 13.1 Å². The average molecular weight is 573 g/mol. The van der Waals surface area contributed by atoms with Gasteiger partial charge in [0.15, 0.2) is 5.82 Å². The summed E-state index contributed by atoms with van der Waals surface area (Å²) in [6, 6.07) is 16.7. The number of nitrogens with zero attached hydrogens (tertiary/aromatic N) is 10. The average Bonchev–Trinajstić information content (AvgIpc) is 3.67. The van der Waals surface area contributed by atoms with E-state index in [1.807, 2.05) is 10.7 Å². The van der Waals surface area contributed by atoms with Gasteiger partial charge in [-0.3, -0.25) is 0 Å². The second kappa shape index (κ2) is 14.3. The topological polar surface area (TPSA) is 118 Å². The third-order valence-corrected chi connectivity index (χ3v) is 7.26. The first kappa shape index (κ1) is 29.6. The minimum Gasteiger partial charge on any atom is -0.368 e. The van der Waals surface area contributed by atoms with Crippen molar-refractivity contribution in [3.8, 4) is 22.8 Å². The number of nitrogens with one attached hydrogen (secondary N) is 2. The van der Waals surface area contributed by atoms with E-state index in [0.717, 1.165) is 82.4 Å². The van der Waals surface area contributed by atoms with Crippen molar-refractivity contribution in [1.29, 1.82) is 0 Å². The monoisotopic (exact) mass is 572 g/mol. The van der Waals surface area contributed by atoms with E-state index in [-0.39, 0.29) is 0 Å². The minimum atomic E-state index is 0.510. The molecule has 0 spiro atoms. The Balaban J connectivity index is 0.000000168. The highest BCUT2D eigenvalue weighted by molar-refractivity contribution is 5.75. The predicted octanol–water partition coefficient (Wildman–Crippen LogP) is 2.81. The largest absolute Gasteiger partial charge is 0.368 e. The molecule has 2 fully saturated rings. The van der Waals surface area contributed by atoms with Crippen molar-refractivity contribution in [2.45, 2.75) is 40.8 Å². The zero-order chi connectivity index (χ0) is 29.3. The lowest BCUT2D eigenvalue weighted by molar-refractivity contribution is 0.430. The van der Waals surface area contributed by atoms with Crippen LogP contribution in [0, 0.1) is 11.8 Å². The van der Waals surface area contributed by atoms with Crippen LogP contribution in [0.15, 0.2) is 48.5 Å². The van der Waals surface area contributed by atoms with E-state index in [1.54, 1.807) is 4.80 Å². The van der Waals surface area contributed by atoms with Crippen molar-refractivity contribution in [3.05, 3.63) is 48.5 Å². The molecule has 2 aromatic heterocycles. The summed E-state index contributed by atoms with van der Waals surface area (Å²) in [5.41, 5.74) is 4.60. The second-order valence-corrected chi connectivity index (χ2v) is 11.6. The van der Waals surface area contributed by atoms with Crippen molar-refractivity contribution in [2.24, 2.45) is 11.8 Å². The molecule has 0 unspecified atom stereocenters. The van der Waals surface area contributed by atoms with Crippen LogP contribution in [0.1, 0.15) is 27.7 Å². The van der Waals surface area contributed by atoms with E-state index in [1.165, 1.54) is 11.4 Å². The Morgan fingerprint density at radius 2 is 1.21 bits per heavy atom. The minimum absolute atomic E-state index is 0.510. The quantitative estimate of drug-likeness (QED) is 0.326. The molecule has 0 bridgehead atoms.